The molecule has 15 heteroatoms. The molecule has 13 nitrogen and oxygen atoms in total. The molecule has 0 radical (unpaired) electrons. The monoisotopic (exact) mass is 403 g/mol. The van der Waals surface area contributed by atoms with Gasteiger partial charge in [-0.25, -0.2) is 15.0 Å². The molecule has 1 unspecified atom stereocenters. The Morgan fingerprint density at radius 3 is 2.68 bits per heavy atom. The minimum absolute atomic E-state index is 0. The fraction of sp³-hybridized carbons (Fsp3) is 0.500. The maximum absolute atomic E-state index is 10.6. The van der Waals surface area contributed by atoms with Crippen LogP contribution in [0.1, 0.15) is 6.23 Å². The summed E-state index contributed by atoms with van der Waals surface area (Å²) in [5.41, 5.74) is 6.22. The molecule has 5 atom stereocenters. The van der Waals surface area contributed by atoms with Crippen LogP contribution in [0.4, 0.5) is 5.82 Å². The van der Waals surface area contributed by atoms with Crippen LogP contribution in [0.3, 0.4) is 0 Å². The predicted octanol–water partition coefficient (Wildman–Crippen LogP) is -3.05. The van der Waals surface area contributed by atoms with Crippen LogP contribution in [0.2, 0.25) is 0 Å². The Hall–Kier alpha value is -0.440. The van der Waals surface area contributed by atoms with Crippen molar-refractivity contribution in [3.63, 3.8) is 0 Å². The molecule has 0 aromatic carbocycles. The Labute approximate surface area is 170 Å². The van der Waals surface area contributed by atoms with E-state index in [0.29, 0.717) is 0 Å². The quantitative estimate of drug-likeness (QED) is 0.295. The molecule has 2 aromatic rings. The smallest absolute Gasteiger partial charge is 0.870 e. The summed E-state index contributed by atoms with van der Waals surface area (Å²) in [4.78, 5) is 31.0. The first kappa shape index (κ1) is 22.6. The summed E-state index contributed by atoms with van der Waals surface area (Å²) in [6.07, 6.45) is -2.62. The number of imidazole rings is 1. The van der Waals surface area contributed by atoms with E-state index in [-0.39, 0.29) is 60.2 Å². The van der Waals surface area contributed by atoms with Gasteiger partial charge < -0.3 is 40.5 Å². The molecule has 2 aromatic heterocycles. The van der Waals surface area contributed by atoms with Crippen molar-refractivity contribution in [2.75, 3.05) is 12.3 Å². The zero-order chi connectivity index (χ0) is 16.8. The molecule has 134 valence electrons. The number of aliphatic hydroxyl groups is 2. The number of nitrogen functional groups attached to an aromatic ring is 1. The van der Waals surface area contributed by atoms with Gasteiger partial charge in [0.15, 0.2) is 17.7 Å². The largest absolute Gasteiger partial charge is 2.00 e. The number of aromatic nitrogens is 4. The van der Waals surface area contributed by atoms with E-state index in [0.717, 1.165) is 0 Å². The van der Waals surface area contributed by atoms with E-state index in [1.807, 2.05) is 0 Å². The normalized spacial score (nSPS) is 28.2. The van der Waals surface area contributed by atoms with Gasteiger partial charge in [-0.3, -0.25) is 9.13 Å². The number of fused-ring (bicyclic) bond motifs is 1. The van der Waals surface area contributed by atoms with Gasteiger partial charge in [0, 0.05) is 0 Å². The van der Waals surface area contributed by atoms with Crippen molar-refractivity contribution in [2.24, 2.45) is 0 Å². The molecule has 1 saturated heterocycles. The van der Waals surface area contributed by atoms with Crippen molar-refractivity contribution in [3.8, 4) is 0 Å². The minimum Gasteiger partial charge on any atom is -0.870 e. The van der Waals surface area contributed by atoms with Crippen LogP contribution in [0.5, 0.6) is 0 Å². The molecule has 6 N–H and O–H groups in total. The molecule has 0 spiro atoms. The average Bonchev–Trinajstić information content (AvgIpc) is 3.01. The molecular formula is C10H14CaN5O8P. The van der Waals surface area contributed by atoms with Gasteiger partial charge in [0.2, 0.25) is 0 Å². The number of ether oxygens (including phenoxy) is 1. The first-order valence-electron chi connectivity index (χ1n) is 6.41. The molecule has 1 fully saturated rings. The zero-order valence-electron chi connectivity index (χ0n) is 12.6. The maximum Gasteiger partial charge on any atom is 2.00 e. The molecule has 25 heavy (non-hydrogen) atoms. The predicted molar refractivity (Wildman–Crippen MR) is 79.1 cm³/mol. The number of hydrogen-bond acceptors (Lipinski definition) is 11. The maximum atomic E-state index is 10.6. The minimum atomic E-state index is -4.97. The zero-order valence-corrected chi connectivity index (χ0v) is 15.7. The van der Waals surface area contributed by atoms with E-state index >= 15 is 0 Å². The Kier molecular flexibility index (Phi) is 7.68. The van der Waals surface area contributed by atoms with E-state index < -0.39 is 39.0 Å². The van der Waals surface area contributed by atoms with E-state index in [1.165, 1.54) is 17.2 Å². The summed E-state index contributed by atoms with van der Waals surface area (Å²) in [6, 6.07) is 0. The number of phosphoric ester groups is 1. The van der Waals surface area contributed by atoms with Crippen LogP contribution >= 0.6 is 7.82 Å². The summed E-state index contributed by atoms with van der Waals surface area (Å²) in [5, 5.41) is 20.0. The molecule has 3 heterocycles. The van der Waals surface area contributed by atoms with Gasteiger partial charge in [-0.1, -0.05) is 0 Å². The van der Waals surface area contributed by atoms with Crippen LogP contribution in [-0.4, -0.2) is 103 Å². The van der Waals surface area contributed by atoms with Crippen LogP contribution in [-0.2, 0) is 13.8 Å². The molecule has 1 aliphatic heterocycles. The Morgan fingerprint density at radius 1 is 1.36 bits per heavy atom. The second-order valence-corrected chi connectivity index (χ2v) is 6.09. The second-order valence-electron chi connectivity index (χ2n) is 4.89. The van der Waals surface area contributed by atoms with Gasteiger partial charge in [-0.05, 0) is 0 Å². The van der Waals surface area contributed by atoms with Crippen LogP contribution in [0, 0.1) is 0 Å². The summed E-state index contributed by atoms with van der Waals surface area (Å²) in [5.74, 6) is 0.134. The molecule has 1 aliphatic rings. The molecule has 0 aliphatic carbocycles. The summed E-state index contributed by atoms with van der Waals surface area (Å²) in [7, 11) is -4.97. The van der Waals surface area contributed by atoms with E-state index in [4.69, 9.17) is 15.4 Å². The van der Waals surface area contributed by atoms with E-state index in [9.17, 15) is 19.7 Å². The van der Waals surface area contributed by atoms with Crippen LogP contribution in [0.25, 0.3) is 11.2 Å². The number of aliphatic hydroxyl groups excluding tert-OH is 2. The first-order chi connectivity index (χ1) is 10.8. The van der Waals surface area contributed by atoms with Crippen LogP contribution in [0.15, 0.2) is 12.7 Å². The Bertz CT molecular complexity index is 771. The van der Waals surface area contributed by atoms with Gasteiger partial charge >= 0.3 is 37.7 Å². The third-order valence-electron chi connectivity index (χ3n) is 3.40. The molecular weight excluding hydrogens is 389 g/mol. The molecule has 0 bridgehead atoms. The van der Waals surface area contributed by atoms with Gasteiger partial charge in [0.05, 0.1) is 12.9 Å². The number of phosphoric acid groups is 1. The third-order valence-corrected chi connectivity index (χ3v) is 3.88. The van der Waals surface area contributed by atoms with Gasteiger partial charge in [-0.2, -0.15) is 0 Å². The van der Waals surface area contributed by atoms with Crippen molar-refractivity contribution in [3.05, 3.63) is 12.7 Å². The van der Waals surface area contributed by atoms with Crippen molar-refractivity contribution in [2.45, 2.75) is 24.5 Å². The number of hydrogen-bond donors (Lipinski definition) is 4. The van der Waals surface area contributed by atoms with E-state index in [2.05, 4.69) is 19.5 Å². The Balaban J connectivity index is 0.00000156. The Morgan fingerprint density at radius 2 is 2.04 bits per heavy atom. The van der Waals surface area contributed by atoms with Gasteiger partial charge in [0.1, 0.15) is 30.2 Å². The van der Waals surface area contributed by atoms with Crippen molar-refractivity contribution in [1.29, 1.82) is 0 Å². The van der Waals surface area contributed by atoms with Crippen LogP contribution < -0.4 is 10.6 Å². The fourth-order valence-electron chi connectivity index (χ4n) is 2.32. The number of nitrogens with zero attached hydrogens (tertiary/aromatic N) is 4. The standard InChI is InChI=1S/C10H14N5O7P.Ca.H2O/c11-8-5-9(13-2-12-8)15(3-14-5)10-7(17)6(16)4(22-10)1-21-23(18,19)20;;/h2-4,6-7,10,16-17H,1H2,(H2,11,12,13)(H2,18,19,20);;1H2/q;+2;/p-2/t4-,6-,7-,10-;;/m1../s1. The van der Waals surface area contributed by atoms with Crippen molar-refractivity contribution >= 4 is 62.5 Å². The van der Waals surface area contributed by atoms with E-state index in [1.54, 1.807) is 0 Å². The second kappa shape index (κ2) is 8.50. The topological polar surface area (TPSA) is 219 Å². The SMILES string of the molecule is Nc1ncnc2c1ncn2[C@@H]1O[C@H](COP(=O)([O-])O)[C@@H](O)[C@H]1O.[Ca+2].[OH-]. The van der Waals surface area contributed by atoms with Crippen molar-refractivity contribution < 1.29 is 39.3 Å². The summed E-state index contributed by atoms with van der Waals surface area (Å²) in [6.45, 7) is -0.657. The fourth-order valence-corrected chi connectivity index (χ4v) is 2.66. The first-order valence-corrected chi connectivity index (χ1v) is 7.90. The summed E-state index contributed by atoms with van der Waals surface area (Å²) >= 11 is 0. The number of anilines is 1. The number of nitrogens with two attached hydrogens (primary N) is 1. The van der Waals surface area contributed by atoms with Gasteiger partial charge in [0.25, 0.3) is 7.82 Å². The molecule has 3 rings (SSSR count). The number of rotatable bonds is 4. The molecule has 0 amide bonds. The average molecular weight is 403 g/mol. The molecule has 0 saturated carbocycles. The third kappa shape index (κ3) is 4.64. The van der Waals surface area contributed by atoms with Crippen molar-refractivity contribution in [1.82, 2.24) is 19.5 Å². The van der Waals surface area contributed by atoms with Gasteiger partial charge in [-0.15, -0.1) is 0 Å². The summed E-state index contributed by atoms with van der Waals surface area (Å²) < 4.78 is 21.5.